The van der Waals surface area contributed by atoms with Crippen molar-refractivity contribution >= 4 is 50.7 Å². The lowest BCUT2D eigenvalue weighted by atomic mass is 10.1. The minimum absolute atomic E-state index is 0.136. The van der Waals surface area contributed by atoms with E-state index in [0.717, 1.165) is 5.69 Å². The van der Waals surface area contributed by atoms with Crippen molar-refractivity contribution in [3.63, 3.8) is 0 Å². The minimum atomic E-state index is -0.729. The standard InChI is InChI=1S/C23H20BrClN2O3/c1-15(30-21-13-10-17(25)14-20(21)24)22(28)26-18-11-8-16(9-12-18)23(29)27(2)19-6-4-3-5-7-19/h3-15H,1-2H3,(H,26,28). The van der Waals surface area contributed by atoms with Gasteiger partial charge in [0.1, 0.15) is 5.75 Å². The maximum absolute atomic E-state index is 12.7. The third-order valence-electron chi connectivity index (χ3n) is 4.41. The highest BCUT2D eigenvalue weighted by Crippen LogP contribution is 2.29. The molecule has 1 atom stereocenters. The van der Waals surface area contributed by atoms with E-state index in [-0.39, 0.29) is 11.8 Å². The third kappa shape index (κ3) is 5.40. The van der Waals surface area contributed by atoms with Crippen LogP contribution in [0.4, 0.5) is 11.4 Å². The van der Waals surface area contributed by atoms with E-state index in [0.29, 0.717) is 26.5 Å². The van der Waals surface area contributed by atoms with E-state index >= 15 is 0 Å². The molecule has 0 aliphatic carbocycles. The van der Waals surface area contributed by atoms with Gasteiger partial charge in [-0.05, 0) is 77.5 Å². The second-order valence-electron chi connectivity index (χ2n) is 6.60. The summed E-state index contributed by atoms with van der Waals surface area (Å²) in [7, 11) is 1.72. The molecule has 3 rings (SSSR count). The Labute approximate surface area is 188 Å². The molecule has 0 aromatic heterocycles. The van der Waals surface area contributed by atoms with Gasteiger partial charge in [-0.3, -0.25) is 9.59 Å². The lowest BCUT2D eigenvalue weighted by Gasteiger charge is -2.18. The summed E-state index contributed by atoms with van der Waals surface area (Å²) in [6.07, 6.45) is -0.729. The molecule has 0 heterocycles. The third-order valence-corrected chi connectivity index (χ3v) is 5.27. The van der Waals surface area contributed by atoms with Crippen molar-refractivity contribution in [3.8, 4) is 5.75 Å². The molecule has 2 amide bonds. The summed E-state index contributed by atoms with van der Waals surface area (Å²) in [5.41, 5.74) is 1.90. The molecule has 0 fully saturated rings. The van der Waals surface area contributed by atoms with Gasteiger partial charge >= 0.3 is 0 Å². The molecule has 1 unspecified atom stereocenters. The van der Waals surface area contributed by atoms with Crippen LogP contribution < -0.4 is 15.0 Å². The summed E-state index contributed by atoms with van der Waals surface area (Å²) in [5.74, 6) is 0.0765. The molecule has 0 bridgehead atoms. The summed E-state index contributed by atoms with van der Waals surface area (Å²) < 4.78 is 6.36. The highest BCUT2D eigenvalue weighted by molar-refractivity contribution is 9.10. The second kappa shape index (κ2) is 9.78. The number of rotatable bonds is 6. The summed E-state index contributed by atoms with van der Waals surface area (Å²) in [5, 5.41) is 3.36. The molecule has 0 saturated carbocycles. The SMILES string of the molecule is CC(Oc1ccc(Cl)cc1Br)C(=O)Nc1ccc(C(=O)N(C)c2ccccc2)cc1. The van der Waals surface area contributed by atoms with E-state index in [1.807, 2.05) is 30.3 Å². The number of hydrogen-bond acceptors (Lipinski definition) is 3. The van der Waals surface area contributed by atoms with Crippen LogP contribution >= 0.6 is 27.5 Å². The Morgan fingerprint density at radius 3 is 2.33 bits per heavy atom. The number of para-hydroxylation sites is 1. The summed E-state index contributed by atoms with van der Waals surface area (Å²) >= 11 is 9.29. The van der Waals surface area contributed by atoms with Crippen LogP contribution in [-0.4, -0.2) is 25.0 Å². The molecule has 0 aliphatic heterocycles. The molecule has 5 nitrogen and oxygen atoms in total. The van der Waals surface area contributed by atoms with E-state index in [1.165, 1.54) is 0 Å². The van der Waals surface area contributed by atoms with Crippen molar-refractivity contribution in [2.45, 2.75) is 13.0 Å². The molecule has 154 valence electrons. The van der Waals surface area contributed by atoms with Crippen LogP contribution in [0.2, 0.25) is 5.02 Å². The fourth-order valence-electron chi connectivity index (χ4n) is 2.72. The average molecular weight is 488 g/mol. The van der Waals surface area contributed by atoms with Crippen molar-refractivity contribution < 1.29 is 14.3 Å². The van der Waals surface area contributed by atoms with E-state index < -0.39 is 6.10 Å². The van der Waals surface area contributed by atoms with E-state index in [9.17, 15) is 9.59 Å². The van der Waals surface area contributed by atoms with Crippen molar-refractivity contribution in [3.05, 3.63) is 87.9 Å². The van der Waals surface area contributed by atoms with Crippen molar-refractivity contribution in [2.24, 2.45) is 0 Å². The zero-order valence-electron chi connectivity index (χ0n) is 16.4. The maximum Gasteiger partial charge on any atom is 0.265 e. The van der Waals surface area contributed by atoms with Crippen LogP contribution in [0.1, 0.15) is 17.3 Å². The Balaban J connectivity index is 1.62. The lowest BCUT2D eigenvalue weighted by molar-refractivity contribution is -0.122. The van der Waals surface area contributed by atoms with E-state index in [2.05, 4.69) is 21.2 Å². The predicted octanol–water partition coefficient (Wildman–Crippen LogP) is 5.79. The number of ether oxygens (including phenoxy) is 1. The highest BCUT2D eigenvalue weighted by Gasteiger charge is 2.17. The van der Waals surface area contributed by atoms with Gasteiger partial charge in [0.15, 0.2) is 6.10 Å². The number of carbonyl (C=O) groups is 2. The topological polar surface area (TPSA) is 58.6 Å². The van der Waals surface area contributed by atoms with Crippen LogP contribution in [0, 0.1) is 0 Å². The highest BCUT2D eigenvalue weighted by atomic mass is 79.9. The maximum atomic E-state index is 12.7. The van der Waals surface area contributed by atoms with Gasteiger partial charge in [0, 0.05) is 29.0 Å². The van der Waals surface area contributed by atoms with Crippen LogP contribution in [0.15, 0.2) is 77.3 Å². The van der Waals surface area contributed by atoms with Gasteiger partial charge < -0.3 is 15.0 Å². The zero-order valence-corrected chi connectivity index (χ0v) is 18.8. The Morgan fingerprint density at radius 1 is 1.03 bits per heavy atom. The average Bonchev–Trinajstić information content (AvgIpc) is 2.75. The molecule has 30 heavy (non-hydrogen) atoms. The fraction of sp³-hybridized carbons (Fsp3) is 0.130. The molecule has 3 aromatic carbocycles. The van der Waals surface area contributed by atoms with E-state index in [1.54, 1.807) is 61.3 Å². The predicted molar refractivity (Wildman–Crippen MR) is 123 cm³/mol. The monoisotopic (exact) mass is 486 g/mol. The molecule has 0 saturated heterocycles. The Hall–Kier alpha value is -2.83. The summed E-state index contributed by atoms with van der Waals surface area (Å²) in [4.78, 5) is 26.7. The summed E-state index contributed by atoms with van der Waals surface area (Å²) in [6, 6.07) is 21.2. The minimum Gasteiger partial charge on any atom is -0.480 e. The van der Waals surface area contributed by atoms with Gasteiger partial charge in [0.05, 0.1) is 4.47 Å². The first-order valence-electron chi connectivity index (χ1n) is 9.21. The van der Waals surface area contributed by atoms with Crippen LogP contribution in [0.5, 0.6) is 5.75 Å². The number of benzene rings is 3. The van der Waals surface area contributed by atoms with Gasteiger partial charge in [0.2, 0.25) is 0 Å². The molecule has 0 spiro atoms. The lowest BCUT2D eigenvalue weighted by Crippen LogP contribution is -2.30. The normalized spacial score (nSPS) is 11.5. The number of hydrogen-bond donors (Lipinski definition) is 1. The number of nitrogens with zero attached hydrogens (tertiary/aromatic N) is 1. The van der Waals surface area contributed by atoms with Crippen molar-refractivity contribution in [1.29, 1.82) is 0 Å². The van der Waals surface area contributed by atoms with Gasteiger partial charge in [0.25, 0.3) is 11.8 Å². The largest absolute Gasteiger partial charge is 0.480 e. The summed E-state index contributed by atoms with van der Waals surface area (Å²) in [6.45, 7) is 1.66. The molecular formula is C23H20BrClN2O3. The molecule has 7 heteroatoms. The van der Waals surface area contributed by atoms with Crippen molar-refractivity contribution in [2.75, 3.05) is 17.3 Å². The van der Waals surface area contributed by atoms with E-state index in [4.69, 9.17) is 16.3 Å². The number of halogens is 2. The number of carbonyl (C=O) groups excluding carboxylic acids is 2. The van der Waals surface area contributed by atoms with Crippen LogP contribution in [0.3, 0.4) is 0 Å². The van der Waals surface area contributed by atoms with Crippen LogP contribution in [0.25, 0.3) is 0 Å². The smallest absolute Gasteiger partial charge is 0.265 e. The molecule has 0 aliphatic rings. The Kier molecular flexibility index (Phi) is 7.13. The Bertz CT molecular complexity index is 1040. The van der Waals surface area contributed by atoms with Crippen LogP contribution in [-0.2, 0) is 4.79 Å². The zero-order chi connectivity index (χ0) is 21.7. The number of nitrogens with one attached hydrogen (secondary N) is 1. The first-order chi connectivity index (χ1) is 14.3. The first kappa shape index (κ1) is 21.9. The number of anilines is 2. The number of amides is 2. The second-order valence-corrected chi connectivity index (χ2v) is 7.89. The van der Waals surface area contributed by atoms with Crippen molar-refractivity contribution in [1.82, 2.24) is 0 Å². The van der Waals surface area contributed by atoms with Gasteiger partial charge in [-0.1, -0.05) is 29.8 Å². The van der Waals surface area contributed by atoms with Gasteiger partial charge in [-0.15, -0.1) is 0 Å². The Morgan fingerprint density at radius 2 is 1.70 bits per heavy atom. The van der Waals surface area contributed by atoms with Gasteiger partial charge in [-0.25, -0.2) is 0 Å². The molecule has 0 radical (unpaired) electrons. The molecule has 1 N–H and O–H groups in total. The van der Waals surface area contributed by atoms with Gasteiger partial charge in [-0.2, -0.15) is 0 Å². The first-order valence-corrected chi connectivity index (χ1v) is 10.4. The fourth-order valence-corrected chi connectivity index (χ4v) is 3.49. The quantitative estimate of drug-likeness (QED) is 0.479. The molecular weight excluding hydrogens is 468 g/mol. The molecule has 3 aromatic rings.